The molecule has 3 aromatic rings. The summed E-state index contributed by atoms with van der Waals surface area (Å²) in [5.41, 5.74) is 8.73. The number of anilines is 1. The fourth-order valence-electron chi connectivity index (χ4n) is 2.77. The molecule has 0 aliphatic carbocycles. The summed E-state index contributed by atoms with van der Waals surface area (Å²) in [6, 6.07) is 7.40. The van der Waals surface area contributed by atoms with Gasteiger partial charge in [0.1, 0.15) is 17.8 Å². The number of hydrogen-bond donors (Lipinski definition) is 2. The molecular formula is C19H24N6O. The third kappa shape index (κ3) is 3.24. The molecule has 2 heterocycles. The number of fused-ring (bicyclic) bond motifs is 1. The Kier molecular flexibility index (Phi) is 4.39. The molecule has 0 aliphatic heterocycles. The van der Waals surface area contributed by atoms with E-state index in [9.17, 15) is 4.79 Å². The number of benzene rings is 1. The van der Waals surface area contributed by atoms with Crippen LogP contribution in [-0.2, 0) is 5.54 Å². The Morgan fingerprint density at radius 1 is 1.15 bits per heavy atom. The number of nitrogens with two attached hydrogens (primary N) is 1. The summed E-state index contributed by atoms with van der Waals surface area (Å²) in [7, 11) is 0. The second kappa shape index (κ2) is 6.40. The quantitative estimate of drug-likeness (QED) is 0.755. The van der Waals surface area contributed by atoms with Gasteiger partial charge >= 0.3 is 0 Å². The van der Waals surface area contributed by atoms with Crippen molar-refractivity contribution in [3.8, 4) is 11.3 Å². The van der Waals surface area contributed by atoms with E-state index in [2.05, 4.69) is 36.1 Å². The summed E-state index contributed by atoms with van der Waals surface area (Å²) in [6.45, 7) is 10.0. The van der Waals surface area contributed by atoms with Crippen molar-refractivity contribution >= 4 is 22.8 Å². The average Bonchev–Trinajstić information content (AvgIpc) is 2.95. The monoisotopic (exact) mass is 352 g/mol. The van der Waals surface area contributed by atoms with Gasteiger partial charge in [-0.05, 0) is 46.8 Å². The highest BCUT2D eigenvalue weighted by atomic mass is 16.1. The van der Waals surface area contributed by atoms with Crippen LogP contribution in [0.1, 0.15) is 45.0 Å². The van der Waals surface area contributed by atoms with E-state index in [1.54, 1.807) is 12.1 Å². The van der Waals surface area contributed by atoms with Gasteiger partial charge in [0, 0.05) is 17.2 Å². The normalized spacial score (nSPS) is 11.9. The van der Waals surface area contributed by atoms with Gasteiger partial charge in [-0.15, -0.1) is 0 Å². The maximum absolute atomic E-state index is 12.1. The van der Waals surface area contributed by atoms with Crippen molar-refractivity contribution in [2.24, 2.45) is 0 Å². The molecule has 1 aromatic carbocycles. The van der Waals surface area contributed by atoms with Crippen LogP contribution in [0.3, 0.4) is 0 Å². The summed E-state index contributed by atoms with van der Waals surface area (Å²) in [5, 5.41) is 8.35. The lowest BCUT2D eigenvalue weighted by Gasteiger charge is -2.19. The number of nitrogens with one attached hydrogen (secondary N) is 1. The van der Waals surface area contributed by atoms with E-state index in [0.717, 1.165) is 10.9 Å². The van der Waals surface area contributed by atoms with E-state index >= 15 is 0 Å². The molecule has 0 aliphatic rings. The number of hydrogen-bond acceptors (Lipinski definition) is 5. The van der Waals surface area contributed by atoms with E-state index in [4.69, 9.17) is 10.8 Å². The molecule has 136 valence electrons. The van der Waals surface area contributed by atoms with Gasteiger partial charge in [0.15, 0.2) is 5.65 Å². The van der Waals surface area contributed by atoms with Crippen molar-refractivity contribution in [2.75, 3.05) is 5.73 Å². The van der Waals surface area contributed by atoms with Gasteiger partial charge in [-0.1, -0.05) is 12.1 Å². The standard InChI is InChI=1S/C19H24N6O/c1-11(2)23-18(26)13-8-6-12(7-9-13)15-14-16(20)21-10-22-17(14)25(24-15)19(3,4)5/h6-11H,1-5H3,(H,23,26)(H2,20,21,22). The minimum atomic E-state index is -0.256. The van der Waals surface area contributed by atoms with Crippen molar-refractivity contribution in [3.63, 3.8) is 0 Å². The third-order valence-corrected chi connectivity index (χ3v) is 3.97. The summed E-state index contributed by atoms with van der Waals surface area (Å²) in [5.74, 6) is 0.293. The molecule has 1 amide bonds. The molecule has 0 radical (unpaired) electrons. The molecular weight excluding hydrogens is 328 g/mol. The number of carbonyl (C=O) groups is 1. The van der Waals surface area contributed by atoms with Crippen molar-refractivity contribution in [3.05, 3.63) is 36.2 Å². The number of carbonyl (C=O) groups excluding carboxylic acids is 1. The minimum absolute atomic E-state index is 0.0885. The Balaban J connectivity index is 2.10. The number of nitrogens with zero attached hydrogens (tertiary/aromatic N) is 4. The molecule has 3 rings (SSSR count). The Hall–Kier alpha value is -2.96. The van der Waals surface area contributed by atoms with Gasteiger partial charge in [-0.3, -0.25) is 4.79 Å². The van der Waals surface area contributed by atoms with E-state index in [1.165, 1.54) is 6.33 Å². The summed E-state index contributed by atoms with van der Waals surface area (Å²) >= 11 is 0. The van der Waals surface area contributed by atoms with Crippen molar-refractivity contribution in [1.82, 2.24) is 25.1 Å². The Bertz CT molecular complexity index is 951. The zero-order valence-corrected chi connectivity index (χ0v) is 15.7. The van der Waals surface area contributed by atoms with Crippen LogP contribution in [0.2, 0.25) is 0 Å². The lowest BCUT2D eigenvalue weighted by Crippen LogP contribution is -2.29. The lowest BCUT2D eigenvalue weighted by molar-refractivity contribution is 0.0943. The Labute approximate surface area is 152 Å². The highest BCUT2D eigenvalue weighted by molar-refractivity contribution is 5.99. The van der Waals surface area contributed by atoms with Gasteiger partial charge in [0.2, 0.25) is 0 Å². The molecule has 2 aromatic heterocycles. The van der Waals surface area contributed by atoms with Crippen LogP contribution in [0.15, 0.2) is 30.6 Å². The van der Waals surface area contributed by atoms with Crippen LogP contribution in [0.25, 0.3) is 22.3 Å². The van der Waals surface area contributed by atoms with Gasteiger partial charge in [0.05, 0.1) is 10.9 Å². The lowest BCUT2D eigenvalue weighted by atomic mass is 10.1. The fraction of sp³-hybridized carbons (Fsp3) is 0.368. The molecule has 3 N–H and O–H groups in total. The molecule has 0 spiro atoms. The zero-order chi connectivity index (χ0) is 19.1. The number of amides is 1. The van der Waals surface area contributed by atoms with Gasteiger partial charge in [-0.2, -0.15) is 5.10 Å². The van der Waals surface area contributed by atoms with E-state index in [0.29, 0.717) is 22.7 Å². The zero-order valence-electron chi connectivity index (χ0n) is 15.7. The first-order valence-corrected chi connectivity index (χ1v) is 8.59. The van der Waals surface area contributed by atoms with Gasteiger partial charge < -0.3 is 11.1 Å². The van der Waals surface area contributed by atoms with Crippen LogP contribution in [0.5, 0.6) is 0 Å². The summed E-state index contributed by atoms with van der Waals surface area (Å²) in [6.07, 6.45) is 1.45. The molecule has 0 saturated heterocycles. The Morgan fingerprint density at radius 3 is 2.38 bits per heavy atom. The summed E-state index contributed by atoms with van der Waals surface area (Å²) in [4.78, 5) is 20.6. The molecule has 0 atom stereocenters. The maximum Gasteiger partial charge on any atom is 0.251 e. The van der Waals surface area contributed by atoms with Gasteiger partial charge in [0.25, 0.3) is 5.91 Å². The fourth-order valence-corrected chi connectivity index (χ4v) is 2.77. The molecule has 7 heteroatoms. The first kappa shape index (κ1) is 17.8. The van der Waals surface area contributed by atoms with Crippen LogP contribution in [0, 0.1) is 0 Å². The van der Waals surface area contributed by atoms with Crippen molar-refractivity contribution in [2.45, 2.75) is 46.2 Å². The van der Waals surface area contributed by atoms with Crippen LogP contribution in [-0.4, -0.2) is 31.7 Å². The average molecular weight is 352 g/mol. The van der Waals surface area contributed by atoms with Gasteiger partial charge in [-0.25, -0.2) is 14.6 Å². The van der Waals surface area contributed by atoms with E-state index in [-0.39, 0.29) is 17.5 Å². The maximum atomic E-state index is 12.1. The largest absolute Gasteiger partial charge is 0.383 e. The first-order chi connectivity index (χ1) is 12.2. The smallest absolute Gasteiger partial charge is 0.251 e. The SMILES string of the molecule is CC(C)NC(=O)c1ccc(-c2nn(C(C)(C)C)c3ncnc(N)c23)cc1. The highest BCUT2D eigenvalue weighted by Crippen LogP contribution is 2.32. The molecule has 0 fully saturated rings. The molecule has 0 unspecified atom stereocenters. The van der Waals surface area contributed by atoms with Crippen LogP contribution < -0.4 is 11.1 Å². The van der Waals surface area contributed by atoms with Crippen molar-refractivity contribution < 1.29 is 4.79 Å². The second-order valence-electron chi connectivity index (χ2n) is 7.59. The molecule has 7 nitrogen and oxygen atoms in total. The van der Waals surface area contributed by atoms with E-state index < -0.39 is 0 Å². The van der Waals surface area contributed by atoms with Crippen molar-refractivity contribution in [1.29, 1.82) is 0 Å². The number of nitrogen functional groups attached to an aromatic ring is 1. The topological polar surface area (TPSA) is 98.7 Å². The van der Waals surface area contributed by atoms with Crippen LogP contribution in [0.4, 0.5) is 5.82 Å². The van der Waals surface area contributed by atoms with Crippen LogP contribution >= 0.6 is 0 Å². The molecule has 26 heavy (non-hydrogen) atoms. The van der Waals surface area contributed by atoms with E-state index in [1.807, 2.05) is 30.7 Å². The number of rotatable bonds is 3. The summed E-state index contributed by atoms with van der Waals surface area (Å²) < 4.78 is 1.86. The third-order valence-electron chi connectivity index (χ3n) is 3.97. The second-order valence-corrected chi connectivity index (χ2v) is 7.59. The first-order valence-electron chi connectivity index (χ1n) is 8.59. The molecule has 0 saturated carbocycles. The highest BCUT2D eigenvalue weighted by Gasteiger charge is 2.23. The minimum Gasteiger partial charge on any atom is -0.383 e. The Morgan fingerprint density at radius 2 is 1.81 bits per heavy atom. The molecule has 0 bridgehead atoms. The number of aromatic nitrogens is 4. The predicted molar refractivity (Wildman–Crippen MR) is 103 cm³/mol. The predicted octanol–water partition coefficient (Wildman–Crippen LogP) is 2.97.